The molecule has 0 spiro atoms. The molecule has 1 aromatic heterocycles. The number of anilines is 2. The van der Waals surface area contributed by atoms with Crippen LogP contribution in [0.1, 0.15) is 12.0 Å². The molecule has 9 heteroatoms. The predicted octanol–water partition coefficient (Wildman–Crippen LogP) is 3.86. The number of piperazine rings is 1. The Morgan fingerprint density at radius 2 is 2.00 bits per heavy atom. The molecular weight excluding hydrogens is 466 g/mol. The van der Waals surface area contributed by atoms with Crippen molar-refractivity contribution in [1.82, 2.24) is 24.7 Å². The summed E-state index contributed by atoms with van der Waals surface area (Å²) in [5, 5.41) is 7.42. The molecule has 4 heterocycles. The zero-order valence-electron chi connectivity index (χ0n) is 19.6. The fraction of sp³-hybridized carbons (Fsp3) is 0.400. The monoisotopic (exact) mass is 495 g/mol. The summed E-state index contributed by atoms with van der Waals surface area (Å²) in [7, 11) is 4.30. The van der Waals surface area contributed by atoms with Crippen molar-refractivity contribution in [2.24, 2.45) is 0 Å². The second kappa shape index (κ2) is 10.00. The van der Waals surface area contributed by atoms with Gasteiger partial charge in [-0.3, -0.25) is 0 Å². The largest absolute Gasteiger partial charge is 0.374 e. The second-order valence-electron chi connectivity index (χ2n) is 9.29. The van der Waals surface area contributed by atoms with Crippen LogP contribution in [0.3, 0.4) is 0 Å². The molecule has 3 aliphatic heterocycles. The van der Waals surface area contributed by atoms with Gasteiger partial charge >= 0.3 is 0 Å². The third kappa shape index (κ3) is 5.41. The minimum absolute atomic E-state index is 0.590. The summed E-state index contributed by atoms with van der Waals surface area (Å²) in [6.45, 7) is 6.44. The number of thiocarbonyl (C=S) groups is 1. The summed E-state index contributed by atoms with van der Waals surface area (Å²) in [4.78, 5) is 17.4. The van der Waals surface area contributed by atoms with Gasteiger partial charge in [0.1, 0.15) is 0 Å². The average Bonchev–Trinajstić information content (AvgIpc) is 2.93. The molecule has 1 fully saturated rings. The zero-order valence-corrected chi connectivity index (χ0v) is 21.2. The summed E-state index contributed by atoms with van der Waals surface area (Å²) in [6, 6.07) is 5.76. The lowest BCUT2D eigenvalue weighted by atomic mass is 10.1. The van der Waals surface area contributed by atoms with Gasteiger partial charge < -0.3 is 25.3 Å². The van der Waals surface area contributed by atoms with Crippen molar-refractivity contribution in [2.45, 2.75) is 12.8 Å². The molecule has 1 saturated heterocycles. The number of fused-ring (bicyclic) bond motifs is 3. The SMILES string of the molecule is CN1C=C(CCN2CCN(C)CC2)C=C(Nc2ncc3c(n2)-c2ccc(Cl)cc2NC(=S)C3)C1. The van der Waals surface area contributed by atoms with Gasteiger partial charge in [-0.25, -0.2) is 9.97 Å². The first kappa shape index (κ1) is 23.2. The topological polar surface area (TPSA) is 59.6 Å². The molecule has 0 atom stereocenters. The number of rotatable bonds is 5. The minimum Gasteiger partial charge on any atom is -0.374 e. The molecule has 0 bridgehead atoms. The van der Waals surface area contributed by atoms with E-state index in [4.69, 9.17) is 28.8 Å². The van der Waals surface area contributed by atoms with E-state index >= 15 is 0 Å². The van der Waals surface area contributed by atoms with Crippen LogP contribution in [0.5, 0.6) is 0 Å². The fourth-order valence-electron chi connectivity index (χ4n) is 4.64. The molecule has 5 rings (SSSR count). The van der Waals surface area contributed by atoms with Crippen molar-refractivity contribution in [3.63, 3.8) is 0 Å². The van der Waals surface area contributed by atoms with E-state index in [1.807, 2.05) is 24.4 Å². The number of nitrogens with one attached hydrogen (secondary N) is 2. The first-order valence-corrected chi connectivity index (χ1v) is 12.5. The van der Waals surface area contributed by atoms with E-state index in [0.29, 0.717) is 17.4 Å². The Bertz CT molecular complexity index is 1150. The van der Waals surface area contributed by atoms with Crippen molar-refractivity contribution in [3.05, 3.63) is 58.5 Å². The second-order valence-corrected chi connectivity index (χ2v) is 10.2. The molecule has 1 aromatic carbocycles. The molecule has 0 amide bonds. The van der Waals surface area contributed by atoms with Gasteiger partial charge in [0.05, 0.1) is 17.2 Å². The van der Waals surface area contributed by atoms with Crippen LogP contribution in [0.4, 0.5) is 11.6 Å². The summed E-state index contributed by atoms with van der Waals surface area (Å²) in [5.74, 6) is 0.590. The first-order chi connectivity index (χ1) is 16.4. The summed E-state index contributed by atoms with van der Waals surface area (Å²) >= 11 is 11.7. The molecule has 2 aromatic rings. The fourth-order valence-corrected chi connectivity index (χ4v) is 5.08. The highest BCUT2D eigenvalue weighted by molar-refractivity contribution is 7.80. The first-order valence-electron chi connectivity index (χ1n) is 11.7. The van der Waals surface area contributed by atoms with Gasteiger partial charge in [0.2, 0.25) is 5.95 Å². The molecule has 3 aliphatic rings. The molecule has 7 nitrogen and oxygen atoms in total. The van der Waals surface area contributed by atoms with E-state index in [1.165, 1.54) is 5.57 Å². The smallest absolute Gasteiger partial charge is 0.227 e. The lowest BCUT2D eigenvalue weighted by Gasteiger charge is -2.32. The van der Waals surface area contributed by atoms with E-state index in [9.17, 15) is 0 Å². The molecule has 0 radical (unpaired) electrons. The van der Waals surface area contributed by atoms with E-state index in [1.54, 1.807) is 0 Å². The van der Waals surface area contributed by atoms with Crippen LogP contribution >= 0.6 is 23.8 Å². The van der Waals surface area contributed by atoms with Gasteiger partial charge in [0.15, 0.2) is 0 Å². The number of allylic oxidation sites excluding steroid dienone is 1. The van der Waals surface area contributed by atoms with Crippen LogP contribution in [0.2, 0.25) is 5.02 Å². The lowest BCUT2D eigenvalue weighted by molar-refractivity contribution is 0.155. The number of nitrogens with zero attached hydrogens (tertiary/aromatic N) is 5. The van der Waals surface area contributed by atoms with E-state index < -0.39 is 0 Å². The number of benzene rings is 1. The average molecular weight is 496 g/mol. The van der Waals surface area contributed by atoms with Crippen molar-refractivity contribution in [3.8, 4) is 11.3 Å². The van der Waals surface area contributed by atoms with Crippen molar-refractivity contribution >= 4 is 40.4 Å². The van der Waals surface area contributed by atoms with Crippen LogP contribution < -0.4 is 10.6 Å². The molecular formula is C25H30ClN7S. The summed E-state index contributed by atoms with van der Waals surface area (Å²) < 4.78 is 0. The van der Waals surface area contributed by atoms with E-state index in [0.717, 1.165) is 78.9 Å². The molecule has 0 saturated carbocycles. The third-order valence-corrected chi connectivity index (χ3v) is 6.96. The third-order valence-electron chi connectivity index (χ3n) is 6.48. The van der Waals surface area contributed by atoms with Crippen LogP contribution in [-0.4, -0.2) is 83.0 Å². The predicted molar refractivity (Wildman–Crippen MR) is 143 cm³/mol. The zero-order chi connectivity index (χ0) is 23.7. The standard InChI is InChI=1S/C25H30ClN7S/c1-31-7-9-33(10-8-31)6-5-17-11-20(16-32(2)15-17)28-25-27-14-18-12-23(34)29-22-13-19(26)3-4-21(22)24(18)30-25/h3-4,11,13-15H,5-10,12,16H2,1-2H3,(H,29,34)(H,27,28,30). The van der Waals surface area contributed by atoms with Crippen molar-refractivity contribution in [2.75, 3.05) is 64.0 Å². The number of aromatic nitrogens is 2. The number of halogens is 1. The van der Waals surface area contributed by atoms with Crippen molar-refractivity contribution in [1.29, 1.82) is 0 Å². The highest BCUT2D eigenvalue weighted by atomic mass is 35.5. The molecule has 0 unspecified atom stereocenters. The number of likely N-dealkylation sites (N-methyl/N-ethyl adjacent to an activating group) is 2. The Balaban J connectivity index is 1.33. The maximum Gasteiger partial charge on any atom is 0.227 e. The Morgan fingerprint density at radius 3 is 2.82 bits per heavy atom. The molecule has 178 valence electrons. The Morgan fingerprint density at radius 1 is 1.18 bits per heavy atom. The van der Waals surface area contributed by atoms with Gasteiger partial charge in [-0.05, 0) is 43.3 Å². The van der Waals surface area contributed by atoms with Gasteiger partial charge in [-0.2, -0.15) is 0 Å². The van der Waals surface area contributed by atoms with Crippen molar-refractivity contribution < 1.29 is 0 Å². The van der Waals surface area contributed by atoms with Gasteiger partial charge in [0.25, 0.3) is 0 Å². The van der Waals surface area contributed by atoms with Crippen LogP contribution in [0.25, 0.3) is 11.3 Å². The molecule has 0 aliphatic carbocycles. The molecule has 2 N–H and O–H groups in total. The van der Waals surface area contributed by atoms with E-state index in [2.05, 4.69) is 56.7 Å². The highest BCUT2D eigenvalue weighted by Crippen LogP contribution is 2.35. The molecule has 34 heavy (non-hydrogen) atoms. The van der Waals surface area contributed by atoms with Crippen LogP contribution in [0, 0.1) is 0 Å². The quantitative estimate of drug-likeness (QED) is 0.606. The van der Waals surface area contributed by atoms with E-state index in [-0.39, 0.29) is 0 Å². The minimum atomic E-state index is 0.590. The van der Waals surface area contributed by atoms with Gasteiger partial charge in [0, 0.05) is 86.1 Å². The summed E-state index contributed by atoms with van der Waals surface area (Å²) in [5.41, 5.74) is 6.16. The Hall–Kier alpha value is -2.52. The van der Waals surface area contributed by atoms with Crippen LogP contribution in [-0.2, 0) is 6.42 Å². The van der Waals surface area contributed by atoms with Gasteiger partial charge in [-0.15, -0.1) is 0 Å². The number of hydrogen-bond acceptors (Lipinski definition) is 7. The Kier molecular flexibility index (Phi) is 6.83. The normalized spacial score (nSPS) is 18.9. The summed E-state index contributed by atoms with van der Waals surface area (Å²) in [6.07, 6.45) is 7.99. The van der Waals surface area contributed by atoms with Gasteiger partial charge in [-0.1, -0.05) is 23.8 Å². The highest BCUT2D eigenvalue weighted by Gasteiger charge is 2.21. The number of hydrogen-bond donors (Lipinski definition) is 2. The maximum atomic E-state index is 6.22. The van der Waals surface area contributed by atoms with Crippen LogP contribution in [0.15, 0.2) is 47.9 Å². The lowest BCUT2D eigenvalue weighted by Crippen LogP contribution is -2.44. The Labute approximate surface area is 211 Å². The maximum absolute atomic E-state index is 6.22.